The van der Waals surface area contributed by atoms with E-state index in [2.05, 4.69) is 54.8 Å². The number of aromatic nitrogens is 1. The Kier molecular flexibility index (Phi) is 4.32. The number of pyridine rings is 1. The molecule has 4 nitrogen and oxygen atoms in total. The Morgan fingerprint density at radius 3 is 2.55 bits per heavy atom. The molecule has 1 aliphatic rings. The van der Waals surface area contributed by atoms with Gasteiger partial charge in [0, 0.05) is 44.2 Å². The number of benzene rings is 1. The average Bonchev–Trinajstić information content (AvgIpc) is 2.54. The van der Waals surface area contributed by atoms with Crippen LogP contribution in [0.3, 0.4) is 0 Å². The van der Waals surface area contributed by atoms with Gasteiger partial charge in [-0.15, -0.1) is 0 Å². The molecule has 2 heterocycles. The summed E-state index contributed by atoms with van der Waals surface area (Å²) in [7, 11) is 0. The highest BCUT2D eigenvalue weighted by atomic mass is 15.3. The molecular formula is C18H26N4. The maximum atomic E-state index is 5.77. The van der Waals surface area contributed by atoms with E-state index in [0.717, 1.165) is 44.1 Å². The van der Waals surface area contributed by atoms with Crippen LogP contribution in [0, 0.1) is 13.8 Å². The molecule has 1 fully saturated rings. The zero-order valence-corrected chi connectivity index (χ0v) is 13.8. The summed E-state index contributed by atoms with van der Waals surface area (Å²) in [6, 6.07) is 9.24. The van der Waals surface area contributed by atoms with Crippen molar-refractivity contribution in [2.24, 2.45) is 5.73 Å². The molecule has 0 bridgehead atoms. The van der Waals surface area contributed by atoms with Crippen molar-refractivity contribution in [3.8, 4) is 0 Å². The monoisotopic (exact) mass is 298 g/mol. The first-order valence-corrected chi connectivity index (χ1v) is 8.15. The van der Waals surface area contributed by atoms with Crippen LogP contribution < -0.4 is 10.6 Å². The van der Waals surface area contributed by atoms with Crippen molar-refractivity contribution in [1.82, 2.24) is 9.88 Å². The first-order chi connectivity index (χ1) is 10.6. The van der Waals surface area contributed by atoms with Gasteiger partial charge in [-0.3, -0.25) is 4.90 Å². The zero-order chi connectivity index (χ0) is 15.7. The molecule has 3 rings (SSSR count). The number of piperazine rings is 1. The third-order valence-electron chi connectivity index (χ3n) is 4.72. The maximum absolute atomic E-state index is 5.77. The summed E-state index contributed by atoms with van der Waals surface area (Å²) >= 11 is 0. The van der Waals surface area contributed by atoms with E-state index in [1.165, 1.54) is 16.5 Å². The van der Waals surface area contributed by atoms with Gasteiger partial charge in [0.15, 0.2) is 0 Å². The number of nitrogens with two attached hydrogens (primary N) is 1. The number of hydrogen-bond acceptors (Lipinski definition) is 4. The van der Waals surface area contributed by atoms with Crippen molar-refractivity contribution < 1.29 is 0 Å². The molecule has 0 saturated carbocycles. The van der Waals surface area contributed by atoms with E-state index < -0.39 is 0 Å². The second-order valence-corrected chi connectivity index (χ2v) is 6.43. The van der Waals surface area contributed by atoms with Gasteiger partial charge in [-0.05, 0) is 44.5 Å². The molecule has 22 heavy (non-hydrogen) atoms. The third-order valence-corrected chi connectivity index (χ3v) is 4.72. The first kappa shape index (κ1) is 15.3. The number of hydrogen-bond donors (Lipinski definition) is 1. The Labute approximate surface area is 132 Å². The molecule has 1 saturated heterocycles. The summed E-state index contributed by atoms with van der Waals surface area (Å²) in [5.74, 6) is 1.10. The van der Waals surface area contributed by atoms with Gasteiger partial charge in [0.05, 0.1) is 5.52 Å². The van der Waals surface area contributed by atoms with Crippen molar-refractivity contribution in [1.29, 1.82) is 0 Å². The number of aryl methyl sites for hydroxylation is 2. The van der Waals surface area contributed by atoms with Crippen LogP contribution in [0.25, 0.3) is 10.9 Å². The Morgan fingerprint density at radius 2 is 1.86 bits per heavy atom. The van der Waals surface area contributed by atoms with Crippen molar-refractivity contribution >= 4 is 16.7 Å². The van der Waals surface area contributed by atoms with Gasteiger partial charge in [-0.2, -0.15) is 0 Å². The lowest BCUT2D eigenvalue weighted by molar-refractivity contribution is 0.201. The molecule has 2 N–H and O–H groups in total. The Balaban J connectivity index is 1.80. The fourth-order valence-electron chi connectivity index (χ4n) is 3.31. The summed E-state index contributed by atoms with van der Waals surface area (Å²) in [5.41, 5.74) is 9.45. The van der Waals surface area contributed by atoms with Gasteiger partial charge in [-0.1, -0.05) is 11.6 Å². The topological polar surface area (TPSA) is 45.4 Å². The highest BCUT2D eigenvalue weighted by Gasteiger charge is 2.21. The second-order valence-electron chi connectivity index (χ2n) is 6.43. The van der Waals surface area contributed by atoms with Crippen LogP contribution in [0.15, 0.2) is 24.3 Å². The molecule has 1 aliphatic heterocycles. The van der Waals surface area contributed by atoms with Crippen molar-refractivity contribution in [3.05, 3.63) is 35.4 Å². The summed E-state index contributed by atoms with van der Waals surface area (Å²) in [4.78, 5) is 9.76. The fourth-order valence-corrected chi connectivity index (χ4v) is 3.31. The van der Waals surface area contributed by atoms with Crippen LogP contribution in [-0.2, 0) is 0 Å². The van der Waals surface area contributed by atoms with E-state index in [1.54, 1.807) is 0 Å². The molecule has 1 unspecified atom stereocenters. The number of fused-ring (bicyclic) bond motifs is 1. The highest BCUT2D eigenvalue weighted by molar-refractivity contribution is 5.84. The molecule has 118 valence electrons. The first-order valence-electron chi connectivity index (χ1n) is 8.15. The van der Waals surface area contributed by atoms with Crippen LogP contribution in [0.1, 0.15) is 18.1 Å². The average molecular weight is 298 g/mol. The summed E-state index contributed by atoms with van der Waals surface area (Å²) in [6.07, 6.45) is 0. The summed E-state index contributed by atoms with van der Waals surface area (Å²) < 4.78 is 0. The van der Waals surface area contributed by atoms with Gasteiger partial charge in [-0.25, -0.2) is 4.98 Å². The predicted octanol–water partition coefficient (Wildman–Crippen LogP) is 2.32. The number of nitrogens with zero attached hydrogens (tertiary/aromatic N) is 3. The van der Waals surface area contributed by atoms with Crippen LogP contribution in [-0.4, -0.2) is 48.6 Å². The van der Waals surface area contributed by atoms with E-state index in [9.17, 15) is 0 Å². The molecule has 0 amide bonds. The molecule has 1 aromatic heterocycles. The van der Waals surface area contributed by atoms with E-state index in [-0.39, 0.29) is 0 Å². The fraction of sp³-hybridized carbons (Fsp3) is 0.500. The molecule has 4 heteroatoms. The van der Waals surface area contributed by atoms with Gasteiger partial charge < -0.3 is 10.6 Å². The maximum Gasteiger partial charge on any atom is 0.129 e. The lowest BCUT2D eigenvalue weighted by Gasteiger charge is -2.38. The molecule has 0 radical (unpaired) electrons. The van der Waals surface area contributed by atoms with Crippen LogP contribution in [0.2, 0.25) is 0 Å². The minimum atomic E-state index is 0.469. The Hall–Kier alpha value is -1.65. The standard InChI is InChI=1S/C18H26N4/c1-13-10-14(2)18-16(11-13)4-5-17(20-18)22-8-6-21(7-9-22)15(3)12-19/h4-5,10-11,15H,6-9,12,19H2,1-3H3. The predicted molar refractivity (Wildman–Crippen MR) is 93.5 cm³/mol. The van der Waals surface area contributed by atoms with Crippen molar-refractivity contribution in [2.75, 3.05) is 37.6 Å². The third kappa shape index (κ3) is 2.94. The highest BCUT2D eigenvalue weighted by Crippen LogP contribution is 2.23. The van der Waals surface area contributed by atoms with Crippen LogP contribution in [0.4, 0.5) is 5.82 Å². The van der Waals surface area contributed by atoms with Crippen LogP contribution in [0.5, 0.6) is 0 Å². The second kappa shape index (κ2) is 6.23. The van der Waals surface area contributed by atoms with Crippen molar-refractivity contribution in [3.63, 3.8) is 0 Å². The smallest absolute Gasteiger partial charge is 0.129 e. The quantitative estimate of drug-likeness (QED) is 0.944. The van der Waals surface area contributed by atoms with Gasteiger partial charge in [0.25, 0.3) is 0 Å². The van der Waals surface area contributed by atoms with Crippen LogP contribution >= 0.6 is 0 Å². The minimum Gasteiger partial charge on any atom is -0.354 e. The Bertz CT molecular complexity index is 659. The molecule has 0 spiro atoms. The van der Waals surface area contributed by atoms with E-state index in [0.29, 0.717) is 6.04 Å². The minimum absolute atomic E-state index is 0.469. The SMILES string of the molecule is Cc1cc(C)c2nc(N3CCN(C(C)CN)CC3)ccc2c1. The van der Waals surface area contributed by atoms with Gasteiger partial charge in [0.2, 0.25) is 0 Å². The summed E-state index contributed by atoms with van der Waals surface area (Å²) in [6.45, 7) is 11.4. The normalized spacial score (nSPS) is 17.9. The van der Waals surface area contributed by atoms with E-state index in [4.69, 9.17) is 10.7 Å². The molecule has 1 aromatic carbocycles. The lowest BCUT2D eigenvalue weighted by atomic mass is 10.1. The largest absolute Gasteiger partial charge is 0.354 e. The molecule has 1 atom stereocenters. The molecule has 2 aromatic rings. The molecular weight excluding hydrogens is 272 g/mol. The van der Waals surface area contributed by atoms with E-state index >= 15 is 0 Å². The number of rotatable bonds is 3. The van der Waals surface area contributed by atoms with E-state index in [1.807, 2.05) is 0 Å². The Morgan fingerprint density at radius 1 is 1.14 bits per heavy atom. The van der Waals surface area contributed by atoms with Crippen molar-refractivity contribution in [2.45, 2.75) is 26.8 Å². The number of anilines is 1. The van der Waals surface area contributed by atoms with Gasteiger partial charge in [0.1, 0.15) is 5.82 Å². The summed E-state index contributed by atoms with van der Waals surface area (Å²) in [5, 5.41) is 1.23. The lowest BCUT2D eigenvalue weighted by Crippen LogP contribution is -2.51. The molecule has 0 aliphatic carbocycles. The van der Waals surface area contributed by atoms with Gasteiger partial charge >= 0.3 is 0 Å². The zero-order valence-electron chi connectivity index (χ0n) is 13.8.